The van der Waals surface area contributed by atoms with E-state index >= 15 is 0 Å². The highest BCUT2D eigenvalue weighted by atomic mass is 16.5. The van der Waals surface area contributed by atoms with Crippen LogP contribution in [0.25, 0.3) is 0 Å². The number of rotatable bonds is 7. The fourth-order valence-electron chi connectivity index (χ4n) is 3.23. The monoisotopic (exact) mass is 315 g/mol. The van der Waals surface area contributed by atoms with Crippen LogP contribution in [0.4, 0.5) is 0 Å². The Morgan fingerprint density at radius 1 is 1.39 bits per heavy atom. The molecule has 1 aliphatic rings. The molecule has 0 unspecified atom stereocenters. The minimum atomic E-state index is 0.00475. The average molecular weight is 315 g/mol. The van der Waals surface area contributed by atoms with Crippen LogP contribution in [0.3, 0.4) is 0 Å². The fraction of sp³-hybridized carbons (Fsp3) is 0.500. The number of imidazole rings is 1. The van der Waals surface area contributed by atoms with Crippen molar-refractivity contribution in [2.75, 3.05) is 20.3 Å². The van der Waals surface area contributed by atoms with E-state index in [1.807, 2.05) is 30.1 Å². The maximum atomic E-state index is 5.93. The van der Waals surface area contributed by atoms with Gasteiger partial charge in [-0.15, -0.1) is 0 Å². The van der Waals surface area contributed by atoms with Crippen LogP contribution in [0.1, 0.15) is 23.9 Å². The molecule has 124 valence electrons. The van der Waals surface area contributed by atoms with Gasteiger partial charge in [0, 0.05) is 45.2 Å². The van der Waals surface area contributed by atoms with Gasteiger partial charge in [-0.25, -0.2) is 4.98 Å². The lowest BCUT2D eigenvalue weighted by Crippen LogP contribution is -2.44. The molecule has 1 fully saturated rings. The minimum Gasteiger partial charge on any atom is -0.383 e. The lowest BCUT2D eigenvalue weighted by Gasteiger charge is -2.26. The summed E-state index contributed by atoms with van der Waals surface area (Å²) >= 11 is 0. The van der Waals surface area contributed by atoms with Gasteiger partial charge in [0.15, 0.2) is 0 Å². The molecule has 2 heterocycles. The number of hydrogen-bond acceptors (Lipinski definition) is 4. The van der Waals surface area contributed by atoms with Gasteiger partial charge in [-0.1, -0.05) is 30.3 Å². The maximum absolute atomic E-state index is 5.93. The molecule has 23 heavy (non-hydrogen) atoms. The van der Waals surface area contributed by atoms with Gasteiger partial charge in [0.05, 0.1) is 6.61 Å². The van der Waals surface area contributed by atoms with Crippen LogP contribution in [0.5, 0.6) is 0 Å². The van der Waals surface area contributed by atoms with E-state index in [0.717, 1.165) is 25.3 Å². The number of aryl methyl sites for hydroxylation is 1. The van der Waals surface area contributed by atoms with Crippen molar-refractivity contribution in [2.24, 2.45) is 7.05 Å². The molecule has 0 bridgehead atoms. The Morgan fingerprint density at radius 2 is 2.22 bits per heavy atom. The quantitative estimate of drug-likeness (QED) is 0.850. The molecule has 3 rings (SSSR count). The summed E-state index contributed by atoms with van der Waals surface area (Å²) in [5, 5.41) is 3.73. The molecule has 2 aromatic rings. The SMILES string of the molecule is COC[C@@H](Cc1ccccc1)N[C@H]1CCO[C@@H]1c1nccn1C. The van der Waals surface area contributed by atoms with Gasteiger partial charge in [0.1, 0.15) is 11.9 Å². The first-order valence-corrected chi connectivity index (χ1v) is 8.15. The lowest BCUT2D eigenvalue weighted by molar-refractivity contribution is 0.0816. The molecular formula is C18H25N3O2. The molecule has 1 aromatic carbocycles. The van der Waals surface area contributed by atoms with E-state index in [-0.39, 0.29) is 18.2 Å². The van der Waals surface area contributed by atoms with E-state index in [4.69, 9.17) is 9.47 Å². The smallest absolute Gasteiger partial charge is 0.139 e. The molecule has 1 aromatic heterocycles. The topological polar surface area (TPSA) is 48.3 Å². The Labute approximate surface area is 137 Å². The third kappa shape index (κ3) is 3.99. The molecule has 0 radical (unpaired) electrons. The molecule has 0 aliphatic carbocycles. The Bertz CT molecular complexity index is 599. The van der Waals surface area contributed by atoms with Gasteiger partial charge in [-0.3, -0.25) is 0 Å². The first-order valence-electron chi connectivity index (χ1n) is 8.15. The third-order valence-electron chi connectivity index (χ3n) is 4.35. The van der Waals surface area contributed by atoms with E-state index in [1.54, 1.807) is 7.11 Å². The molecule has 0 amide bonds. The lowest BCUT2D eigenvalue weighted by atomic mass is 10.0. The molecular weight excluding hydrogens is 290 g/mol. The predicted molar refractivity (Wildman–Crippen MR) is 89.3 cm³/mol. The van der Waals surface area contributed by atoms with E-state index in [9.17, 15) is 0 Å². The molecule has 1 aliphatic heterocycles. The van der Waals surface area contributed by atoms with Gasteiger partial charge in [0.25, 0.3) is 0 Å². The summed E-state index contributed by atoms with van der Waals surface area (Å²) in [5.74, 6) is 0.982. The predicted octanol–water partition coefficient (Wildman–Crippen LogP) is 2.10. The standard InChI is InChI=1S/C18H25N3O2/c1-21-10-9-19-18(21)17-16(8-11-23-17)20-15(13-22-2)12-14-6-4-3-5-7-14/h3-7,9-10,15-17,20H,8,11-13H2,1-2H3/t15-,16+,17+/m1/s1. The number of nitrogens with zero attached hydrogens (tertiary/aromatic N) is 2. The van der Waals surface area contributed by atoms with Crippen molar-refractivity contribution in [1.29, 1.82) is 0 Å². The number of ether oxygens (including phenoxy) is 2. The van der Waals surface area contributed by atoms with E-state index < -0.39 is 0 Å². The zero-order chi connectivity index (χ0) is 16.1. The zero-order valence-electron chi connectivity index (χ0n) is 13.8. The first kappa shape index (κ1) is 16.2. The molecule has 3 atom stereocenters. The van der Waals surface area contributed by atoms with Crippen molar-refractivity contribution >= 4 is 0 Å². The van der Waals surface area contributed by atoms with Gasteiger partial charge < -0.3 is 19.4 Å². The van der Waals surface area contributed by atoms with Gasteiger partial charge in [0.2, 0.25) is 0 Å². The maximum Gasteiger partial charge on any atom is 0.139 e. The number of nitrogens with one attached hydrogen (secondary N) is 1. The molecule has 1 N–H and O–H groups in total. The Balaban J connectivity index is 1.68. The van der Waals surface area contributed by atoms with Gasteiger partial charge in [-0.05, 0) is 18.4 Å². The van der Waals surface area contributed by atoms with Crippen molar-refractivity contribution in [1.82, 2.24) is 14.9 Å². The number of hydrogen-bond donors (Lipinski definition) is 1. The molecule has 5 nitrogen and oxygen atoms in total. The third-order valence-corrected chi connectivity index (χ3v) is 4.35. The van der Waals surface area contributed by atoms with E-state index in [0.29, 0.717) is 6.61 Å². The summed E-state index contributed by atoms with van der Waals surface area (Å²) in [7, 11) is 3.76. The van der Waals surface area contributed by atoms with Crippen LogP contribution in [0, 0.1) is 0 Å². The molecule has 5 heteroatoms. The Morgan fingerprint density at radius 3 is 2.91 bits per heavy atom. The second kappa shape index (κ2) is 7.73. The average Bonchev–Trinajstić information content (AvgIpc) is 3.17. The Kier molecular flexibility index (Phi) is 5.43. The summed E-state index contributed by atoms with van der Waals surface area (Å²) in [6.07, 6.45) is 5.73. The highest BCUT2D eigenvalue weighted by molar-refractivity contribution is 5.16. The second-order valence-electron chi connectivity index (χ2n) is 6.09. The highest BCUT2D eigenvalue weighted by Crippen LogP contribution is 2.28. The van der Waals surface area contributed by atoms with Crippen LogP contribution >= 0.6 is 0 Å². The van der Waals surface area contributed by atoms with Crippen LogP contribution < -0.4 is 5.32 Å². The van der Waals surface area contributed by atoms with Crippen LogP contribution in [0.2, 0.25) is 0 Å². The summed E-state index contributed by atoms with van der Waals surface area (Å²) in [4.78, 5) is 4.45. The van der Waals surface area contributed by atoms with Crippen LogP contribution in [-0.2, 0) is 22.9 Å². The van der Waals surface area contributed by atoms with Gasteiger partial charge in [-0.2, -0.15) is 0 Å². The number of benzene rings is 1. The molecule has 0 spiro atoms. The van der Waals surface area contributed by atoms with E-state index in [1.165, 1.54) is 5.56 Å². The molecule has 0 saturated carbocycles. The van der Waals surface area contributed by atoms with Crippen molar-refractivity contribution in [3.63, 3.8) is 0 Å². The van der Waals surface area contributed by atoms with Gasteiger partial charge >= 0.3 is 0 Å². The second-order valence-corrected chi connectivity index (χ2v) is 6.09. The minimum absolute atomic E-state index is 0.00475. The summed E-state index contributed by atoms with van der Waals surface area (Å²) in [6, 6.07) is 11.0. The normalized spacial score (nSPS) is 22.3. The highest BCUT2D eigenvalue weighted by Gasteiger charge is 2.33. The van der Waals surface area contributed by atoms with E-state index in [2.05, 4.69) is 34.6 Å². The summed E-state index contributed by atoms with van der Waals surface area (Å²) < 4.78 is 13.4. The van der Waals surface area contributed by atoms with Crippen LogP contribution in [0.15, 0.2) is 42.7 Å². The van der Waals surface area contributed by atoms with Crippen molar-refractivity contribution in [2.45, 2.75) is 31.0 Å². The number of methoxy groups -OCH3 is 1. The zero-order valence-corrected chi connectivity index (χ0v) is 13.8. The fourth-order valence-corrected chi connectivity index (χ4v) is 3.23. The van der Waals surface area contributed by atoms with Crippen molar-refractivity contribution in [3.8, 4) is 0 Å². The Hall–Kier alpha value is -1.69. The summed E-state index contributed by atoms with van der Waals surface area (Å²) in [6.45, 7) is 1.44. The molecule has 1 saturated heterocycles. The number of aromatic nitrogens is 2. The first-order chi connectivity index (χ1) is 11.3. The largest absolute Gasteiger partial charge is 0.383 e. The van der Waals surface area contributed by atoms with Crippen molar-refractivity contribution < 1.29 is 9.47 Å². The van der Waals surface area contributed by atoms with Crippen molar-refractivity contribution in [3.05, 3.63) is 54.1 Å². The van der Waals surface area contributed by atoms with Crippen LogP contribution in [-0.4, -0.2) is 42.0 Å². The summed E-state index contributed by atoms with van der Waals surface area (Å²) in [5.41, 5.74) is 1.31.